The average molecular weight is 340 g/mol. The van der Waals surface area contributed by atoms with Crippen molar-refractivity contribution < 1.29 is 13.2 Å². The molecule has 1 saturated heterocycles. The van der Waals surface area contributed by atoms with Crippen LogP contribution in [0.15, 0.2) is 12.4 Å². The maximum Gasteiger partial charge on any atom is 0.225 e. The molecule has 0 bridgehead atoms. The van der Waals surface area contributed by atoms with Gasteiger partial charge in [0.1, 0.15) is 0 Å². The minimum atomic E-state index is -3.30. The van der Waals surface area contributed by atoms with Crippen LogP contribution >= 0.6 is 0 Å². The number of sulfonamides is 1. The number of carbonyl (C=O) groups excluding carboxylic acids is 1. The number of nitrogens with zero attached hydrogens (tertiary/aromatic N) is 3. The van der Waals surface area contributed by atoms with E-state index in [0.717, 1.165) is 24.8 Å². The van der Waals surface area contributed by atoms with Crippen molar-refractivity contribution >= 4 is 15.9 Å². The van der Waals surface area contributed by atoms with Crippen molar-refractivity contribution in [3.8, 4) is 0 Å². The van der Waals surface area contributed by atoms with Gasteiger partial charge in [-0.3, -0.25) is 9.48 Å². The van der Waals surface area contributed by atoms with E-state index in [1.54, 1.807) is 10.9 Å². The minimum absolute atomic E-state index is 0.128. The highest BCUT2D eigenvalue weighted by atomic mass is 32.2. The lowest BCUT2D eigenvalue weighted by atomic mass is 9.84. The lowest BCUT2D eigenvalue weighted by Crippen LogP contribution is -2.49. The van der Waals surface area contributed by atoms with Crippen molar-refractivity contribution in [2.24, 2.45) is 13.0 Å². The van der Waals surface area contributed by atoms with E-state index >= 15 is 0 Å². The number of amides is 1. The Labute approximate surface area is 137 Å². The van der Waals surface area contributed by atoms with Crippen molar-refractivity contribution in [2.45, 2.75) is 44.2 Å². The first-order valence-electron chi connectivity index (χ1n) is 8.09. The first-order chi connectivity index (χ1) is 10.8. The summed E-state index contributed by atoms with van der Waals surface area (Å²) in [6.07, 6.45) is 9.19. The Bertz CT molecular complexity index is 681. The van der Waals surface area contributed by atoms with Crippen LogP contribution in [0.25, 0.3) is 0 Å². The van der Waals surface area contributed by atoms with Gasteiger partial charge < -0.3 is 4.90 Å². The Morgan fingerprint density at radius 1 is 1.39 bits per heavy atom. The number of likely N-dealkylation sites (tertiary alicyclic amines) is 1. The molecule has 2 atom stereocenters. The number of aromatic nitrogens is 2. The topological polar surface area (TPSA) is 84.3 Å². The van der Waals surface area contributed by atoms with Gasteiger partial charge >= 0.3 is 0 Å². The van der Waals surface area contributed by atoms with Crippen molar-refractivity contribution in [3.05, 3.63) is 18.0 Å². The fourth-order valence-corrected chi connectivity index (χ4v) is 4.33. The van der Waals surface area contributed by atoms with E-state index in [9.17, 15) is 13.2 Å². The van der Waals surface area contributed by atoms with Gasteiger partial charge in [0.2, 0.25) is 15.9 Å². The summed E-state index contributed by atoms with van der Waals surface area (Å²) >= 11 is 0. The largest absolute Gasteiger partial charge is 0.337 e. The molecule has 23 heavy (non-hydrogen) atoms. The van der Waals surface area contributed by atoms with Crippen LogP contribution in [0, 0.1) is 5.92 Å². The van der Waals surface area contributed by atoms with E-state index in [-0.39, 0.29) is 23.9 Å². The van der Waals surface area contributed by atoms with Gasteiger partial charge in [-0.15, -0.1) is 0 Å². The van der Waals surface area contributed by atoms with Crippen LogP contribution in [0.4, 0.5) is 0 Å². The average Bonchev–Trinajstić information content (AvgIpc) is 2.94. The van der Waals surface area contributed by atoms with Crippen LogP contribution in [0.3, 0.4) is 0 Å². The fraction of sp³-hybridized carbons (Fsp3) is 0.733. The molecule has 1 aliphatic carbocycles. The third kappa shape index (κ3) is 3.74. The van der Waals surface area contributed by atoms with Gasteiger partial charge in [0.05, 0.1) is 18.5 Å². The van der Waals surface area contributed by atoms with Gasteiger partial charge in [0.25, 0.3) is 0 Å². The molecule has 1 aliphatic heterocycles. The molecule has 1 unspecified atom stereocenters. The van der Waals surface area contributed by atoms with E-state index in [1.165, 1.54) is 6.26 Å². The molecule has 2 heterocycles. The maximum atomic E-state index is 12.7. The number of aryl methyl sites for hydroxylation is 1. The zero-order valence-electron chi connectivity index (χ0n) is 13.6. The van der Waals surface area contributed by atoms with Crippen LogP contribution in [0.2, 0.25) is 0 Å². The summed E-state index contributed by atoms with van der Waals surface area (Å²) in [4.78, 5) is 14.6. The summed E-state index contributed by atoms with van der Waals surface area (Å²) < 4.78 is 27.7. The van der Waals surface area contributed by atoms with E-state index in [0.29, 0.717) is 19.4 Å². The van der Waals surface area contributed by atoms with Crippen molar-refractivity contribution in [2.75, 3.05) is 12.8 Å². The van der Waals surface area contributed by atoms with E-state index in [1.807, 2.05) is 18.1 Å². The van der Waals surface area contributed by atoms with E-state index in [2.05, 4.69) is 9.82 Å². The standard InChI is InChI=1S/C15H24N4O3S/c1-18-10-11(9-16-18)8-14-13(17-23(2,21)22)6-7-19(14)15(20)12-4-3-5-12/h9-10,12-14,17H,3-8H2,1-2H3/t13-,14?/m0/s1. The Morgan fingerprint density at radius 3 is 2.65 bits per heavy atom. The summed E-state index contributed by atoms with van der Waals surface area (Å²) in [5.74, 6) is 0.311. The minimum Gasteiger partial charge on any atom is -0.337 e. The molecule has 0 aromatic carbocycles. The van der Waals surface area contributed by atoms with E-state index < -0.39 is 10.0 Å². The van der Waals surface area contributed by atoms with Gasteiger partial charge in [0, 0.05) is 31.7 Å². The van der Waals surface area contributed by atoms with Gasteiger partial charge in [-0.1, -0.05) is 6.42 Å². The molecule has 0 spiro atoms. The molecule has 3 rings (SSSR count). The van der Waals surface area contributed by atoms with Crippen molar-refractivity contribution in [1.82, 2.24) is 19.4 Å². The second-order valence-electron chi connectivity index (χ2n) is 6.74. The highest BCUT2D eigenvalue weighted by Gasteiger charge is 2.41. The van der Waals surface area contributed by atoms with Crippen LogP contribution in [0.1, 0.15) is 31.2 Å². The Morgan fingerprint density at radius 2 is 2.13 bits per heavy atom. The van der Waals surface area contributed by atoms with Crippen LogP contribution in [-0.2, 0) is 28.3 Å². The molecule has 128 valence electrons. The third-order valence-electron chi connectivity index (χ3n) is 4.85. The summed E-state index contributed by atoms with van der Waals surface area (Å²) in [5, 5.41) is 4.17. The highest BCUT2D eigenvalue weighted by molar-refractivity contribution is 7.88. The Kier molecular flexibility index (Phi) is 4.46. The second-order valence-corrected chi connectivity index (χ2v) is 8.52. The van der Waals surface area contributed by atoms with Crippen LogP contribution in [0.5, 0.6) is 0 Å². The molecule has 0 radical (unpaired) electrons. The lowest BCUT2D eigenvalue weighted by Gasteiger charge is -2.34. The predicted octanol–water partition coefficient (Wildman–Crippen LogP) is 0.281. The van der Waals surface area contributed by atoms with Crippen molar-refractivity contribution in [3.63, 3.8) is 0 Å². The summed E-state index contributed by atoms with van der Waals surface area (Å²) in [5.41, 5.74) is 1.02. The second kappa shape index (κ2) is 6.24. The number of nitrogens with one attached hydrogen (secondary N) is 1. The summed E-state index contributed by atoms with van der Waals surface area (Å²) in [6, 6.07) is -0.365. The quantitative estimate of drug-likeness (QED) is 0.834. The number of rotatable bonds is 5. The molecule has 1 aromatic rings. The number of hydrogen-bond donors (Lipinski definition) is 1. The lowest BCUT2D eigenvalue weighted by molar-refractivity contribution is -0.139. The van der Waals surface area contributed by atoms with Gasteiger partial charge in [-0.05, 0) is 31.2 Å². The summed E-state index contributed by atoms with van der Waals surface area (Å²) in [7, 11) is -1.45. The first kappa shape index (κ1) is 16.4. The zero-order chi connectivity index (χ0) is 16.6. The van der Waals surface area contributed by atoms with Crippen LogP contribution < -0.4 is 4.72 Å². The molecule has 1 aromatic heterocycles. The van der Waals surface area contributed by atoms with E-state index in [4.69, 9.17) is 0 Å². The van der Waals surface area contributed by atoms with Gasteiger partial charge in [-0.2, -0.15) is 5.10 Å². The fourth-order valence-electron chi connectivity index (χ4n) is 3.50. The molecule has 2 fully saturated rings. The molecule has 7 nitrogen and oxygen atoms in total. The summed E-state index contributed by atoms with van der Waals surface area (Å²) in [6.45, 7) is 0.619. The van der Waals surface area contributed by atoms with Crippen LogP contribution in [-0.4, -0.2) is 53.9 Å². The molecule has 1 saturated carbocycles. The normalized spacial score (nSPS) is 25.6. The predicted molar refractivity (Wildman–Crippen MR) is 86.1 cm³/mol. The van der Waals surface area contributed by atoms with Gasteiger partial charge in [-0.25, -0.2) is 13.1 Å². The molecule has 8 heteroatoms. The SMILES string of the molecule is Cn1cc(CC2[C@@H](NS(C)(=O)=O)CCN2C(=O)C2CCC2)cn1. The van der Waals surface area contributed by atoms with Gasteiger partial charge in [0.15, 0.2) is 0 Å². The monoisotopic (exact) mass is 340 g/mol. The Balaban J connectivity index is 1.79. The molecule has 2 aliphatic rings. The van der Waals surface area contributed by atoms with Crippen molar-refractivity contribution in [1.29, 1.82) is 0 Å². The molecular formula is C15H24N4O3S. The number of carbonyl (C=O) groups is 1. The number of hydrogen-bond acceptors (Lipinski definition) is 4. The molecular weight excluding hydrogens is 316 g/mol. The molecule has 1 amide bonds. The Hall–Kier alpha value is -1.41. The third-order valence-corrected chi connectivity index (χ3v) is 5.58. The zero-order valence-corrected chi connectivity index (χ0v) is 14.4. The smallest absolute Gasteiger partial charge is 0.225 e. The highest BCUT2D eigenvalue weighted by Crippen LogP contribution is 2.32. The molecule has 1 N–H and O–H groups in total. The first-order valence-corrected chi connectivity index (χ1v) is 9.98. The maximum absolute atomic E-state index is 12.7.